The fourth-order valence-electron chi connectivity index (χ4n) is 5.59. The molecule has 7 rings (SSSR count). The lowest BCUT2D eigenvalue weighted by Gasteiger charge is -2.23. The van der Waals surface area contributed by atoms with E-state index in [4.69, 9.17) is 34.7 Å². The lowest BCUT2D eigenvalue weighted by atomic mass is 10.1. The Morgan fingerprint density at radius 2 is 1.79 bits per heavy atom. The van der Waals surface area contributed by atoms with Gasteiger partial charge in [0.25, 0.3) is 5.56 Å². The van der Waals surface area contributed by atoms with Gasteiger partial charge in [0.15, 0.2) is 29.6 Å². The number of hydrogen-bond donors (Lipinski definition) is 6. The Balaban J connectivity index is 1.15. The van der Waals surface area contributed by atoms with Crippen LogP contribution in [0.15, 0.2) is 29.7 Å². The van der Waals surface area contributed by atoms with Crippen molar-refractivity contribution in [1.29, 1.82) is 0 Å². The van der Waals surface area contributed by atoms with Crippen LogP contribution < -0.4 is 17.0 Å². The summed E-state index contributed by atoms with van der Waals surface area (Å²) >= 11 is 0. The van der Waals surface area contributed by atoms with Gasteiger partial charge in [0.1, 0.15) is 42.4 Å². The molecule has 0 saturated carbocycles. The van der Waals surface area contributed by atoms with Crippen molar-refractivity contribution in [3.63, 3.8) is 0 Å². The standard InChI is InChI=1S/C22H26N9O10P/c23-16-11-18(26-6-25-16)31(7-27-11)21-13(33)15-9(39-21)2-4-37-14-10(5-38-42(35,36)41-15)40-20(12(14)32)30-3-1-8-17(30)28-22(24)29-19(8)34/h1,3,6-7,9-10,12-15,20-21,32-33H,2,4-5H2,(H,35,36)(H2,23,25,26)(H3,24,28,29,34). The van der Waals surface area contributed by atoms with Crippen LogP contribution >= 0.6 is 7.82 Å². The zero-order chi connectivity index (χ0) is 29.3. The van der Waals surface area contributed by atoms with Gasteiger partial charge in [-0.2, -0.15) is 4.98 Å². The van der Waals surface area contributed by atoms with Gasteiger partial charge >= 0.3 is 7.82 Å². The maximum absolute atomic E-state index is 13.0. The molecule has 8 N–H and O–H groups in total. The molecule has 42 heavy (non-hydrogen) atoms. The van der Waals surface area contributed by atoms with Crippen molar-refractivity contribution in [2.45, 2.75) is 55.5 Å². The number of nitrogen functional groups attached to an aromatic ring is 2. The molecule has 7 heterocycles. The van der Waals surface area contributed by atoms with Crippen LogP contribution in [0.1, 0.15) is 18.9 Å². The van der Waals surface area contributed by atoms with Crippen LogP contribution in [0.4, 0.5) is 11.8 Å². The zero-order valence-corrected chi connectivity index (χ0v) is 22.4. The molecule has 9 unspecified atom stereocenters. The van der Waals surface area contributed by atoms with Crippen LogP contribution in [0.5, 0.6) is 0 Å². The van der Waals surface area contributed by atoms with Crippen molar-refractivity contribution in [2.75, 3.05) is 24.7 Å². The van der Waals surface area contributed by atoms with Crippen molar-refractivity contribution < 1.29 is 42.9 Å². The molecule has 0 radical (unpaired) electrons. The van der Waals surface area contributed by atoms with Crippen LogP contribution in [0.3, 0.4) is 0 Å². The minimum absolute atomic E-state index is 0.0227. The molecule has 20 heteroatoms. The Morgan fingerprint density at radius 3 is 2.62 bits per heavy atom. The number of aliphatic hydroxyl groups is 2. The fraction of sp³-hybridized carbons (Fsp3) is 0.500. The molecule has 0 spiro atoms. The monoisotopic (exact) mass is 607 g/mol. The number of fused-ring (bicyclic) bond motifs is 4. The Bertz CT molecular complexity index is 1760. The summed E-state index contributed by atoms with van der Waals surface area (Å²) in [6.45, 7) is -0.535. The lowest BCUT2D eigenvalue weighted by molar-refractivity contribution is -0.0722. The summed E-state index contributed by atoms with van der Waals surface area (Å²) in [6.07, 6.45) is -5.06. The quantitative estimate of drug-likeness (QED) is 0.142. The molecular formula is C22H26N9O10P. The minimum atomic E-state index is -4.80. The summed E-state index contributed by atoms with van der Waals surface area (Å²) in [5.74, 6) is 0.00268. The van der Waals surface area contributed by atoms with Crippen molar-refractivity contribution in [3.05, 3.63) is 35.3 Å². The summed E-state index contributed by atoms with van der Waals surface area (Å²) < 4.78 is 44.5. The number of nitrogens with two attached hydrogens (primary N) is 2. The van der Waals surface area contributed by atoms with Gasteiger partial charge in [-0.05, 0) is 12.5 Å². The van der Waals surface area contributed by atoms with Crippen LogP contribution in [0.2, 0.25) is 0 Å². The van der Waals surface area contributed by atoms with Gasteiger partial charge in [-0.1, -0.05) is 0 Å². The van der Waals surface area contributed by atoms with E-state index in [1.807, 2.05) is 0 Å². The van der Waals surface area contributed by atoms with Gasteiger partial charge in [-0.15, -0.1) is 0 Å². The highest BCUT2D eigenvalue weighted by molar-refractivity contribution is 7.47. The third-order valence-electron chi connectivity index (χ3n) is 7.52. The molecule has 0 aliphatic carbocycles. The van der Waals surface area contributed by atoms with Gasteiger partial charge in [0, 0.05) is 12.8 Å². The van der Waals surface area contributed by atoms with E-state index in [1.54, 1.807) is 0 Å². The molecule has 4 aromatic heterocycles. The summed E-state index contributed by atoms with van der Waals surface area (Å²) in [7, 11) is -4.80. The fourth-order valence-corrected chi connectivity index (χ4v) is 6.56. The second kappa shape index (κ2) is 10.0. The number of aromatic nitrogens is 7. The molecular weight excluding hydrogens is 581 g/mol. The number of ether oxygens (including phenoxy) is 3. The van der Waals surface area contributed by atoms with Crippen LogP contribution in [-0.2, 0) is 27.8 Å². The number of imidazole rings is 1. The zero-order valence-electron chi connectivity index (χ0n) is 21.5. The minimum Gasteiger partial charge on any atom is -0.386 e. The number of aliphatic hydroxyl groups excluding tert-OH is 2. The maximum Gasteiger partial charge on any atom is 0.472 e. The predicted octanol–water partition coefficient (Wildman–Crippen LogP) is -1.46. The number of H-pyrrole nitrogens is 1. The van der Waals surface area contributed by atoms with E-state index >= 15 is 0 Å². The number of rotatable bonds is 2. The summed E-state index contributed by atoms with van der Waals surface area (Å²) in [5.41, 5.74) is 11.8. The molecule has 9 atom stereocenters. The van der Waals surface area contributed by atoms with Crippen LogP contribution in [-0.4, -0.2) is 99.0 Å². The van der Waals surface area contributed by atoms with E-state index in [1.165, 1.54) is 34.1 Å². The second-order valence-electron chi connectivity index (χ2n) is 10.1. The van der Waals surface area contributed by atoms with Gasteiger partial charge in [-0.3, -0.25) is 23.4 Å². The number of aromatic amines is 1. The number of phosphoric ester groups is 1. The molecule has 0 aromatic carbocycles. The molecule has 0 bridgehead atoms. The number of anilines is 2. The largest absolute Gasteiger partial charge is 0.472 e. The molecule has 224 valence electrons. The topological polar surface area (TPSA) is 270 Å². The summed E-state index contributed by atoms with van der Waals surface area (Å²) in [5, 5.41) is 22.6. The van der Waals surface area contributed by atoms with E-state index in [0.717, 1.165) is 0 Å². The highest BCUT2D eigenvalue weighted by atomic mass is 31.2. The normalized spacial score (nSPS) is 35.7. The van der Waals surface area contributed by atoms with Gasteiger partial charge in [-0.25, -0.2) is 19.5 Å². The summed E-state index contributed by atoms with van der Waals surface area (Å²) in [4.78, 5) is 41.6. The van der Waals surface area contributed by atoms with Gasteiger partial charge in [0.05, 0.1) is 24.4 Å². The molecule has 0 amide bonds. The average molecular weight is 607 g/mol. The van der Waals surface area contributed by atoms with Crippen LogP contribution in [0.25, 0.3) is 22.2 Å². The van der Waals surface area contributed by atoms with E-state index in [2.05, 4.69) is 24.9 Å². The Morgan fingerprint density at radius 1 is 1.02 bits per heavy atom. The van der Waals surface area contributed by atoms with Crippen molar-refractivity contribution >= 4 is 41.8 Å². The number of hydrogen-bond acceptors (Lipinski definition) is 15. The smallest absolute Gasteiger partial charge is 0.386 e. The first-order valence-electron chi connectivity index (χ1n) is 12.8. The van der Waals surface area contributed by atoms with E-state index in [9.17, 15) is 24.5 Å². The van der Waals surface area contributed by atoms with Crippen molar-refractivity contribution in [2.24, 2.45) is 0 Å². The Kier molecular flexibility index (Phi) is 6.53. The van der Waals surface area contributed by atoms with E-state index in [0.29, 0.717) is 0 Å². The molecule has 3 aliphatic rings. The Labute approximate surface area is 234 Å². The van der Waals surface area contributed by atoms with Gasteiger partial charge < -0.3 is 45.4 Å². The SMILES string of the molecule is Nc1nc2c(ccn2C2OC3COP(=O)(O)OC4C(CCOC3C2O)OC(n2cnc3c(N)ncnc32)C4O)c(=O)[nH]1. The van der Waals surface area contributed by atoms with Crippen molar-refractivity contribution in [1.82, 2.24) is 34.1 Å². The Hall–Kier alpha value is -3.52. The predicted molar refractivity (Wildman–Crippen MR) is 139 cm³/mol. The molecule has 4 aromatic rings. The van der Waals surface area contributed by atoms with Crippen molar-refractivity contribution in [3.8, 4) is 0 Å². The average Bonchev–Trinajstić information content (AvgIpc) is 3.69. The van der Waals surface area contributed by atoms with Crippen LogP contribution in [0, 0.1) is 0 Å². The number of nitrogens with zero attached hydrogens (tertiary/aromatic N) is 6. The first kappa shape index (κ1) is 27.3. The maximum atomic E-state index is 13.0. The van der Waals surface area contributed by atoms with E-state index < -0.39 is 69.1 Å². The number of phosphoric acid groups is 1. The third kappa shape index (κ3) is 4.46. The number of nitrogens with one attached hydrogen (secondary N) is 1. The second-order valence-corrected chi connectivity index (χ2v) is 11.5. The molecule has 3 fully saturated rings. The summed E-state index contributed by atoms with van der Waals surface area (Å²) in [6, 6.07) is 1.49. The molecule has 3 saturated heterocycles. The molecule has 19 nitrogen and oxygen atoms in total. The molecule has 3 aliphatic heterocycles. The first-order chi connectivity index (χ1) is 20.1. The first-order valence-corrected chi connectivity index (χ1v) is 14.3. The third-order valence-corrected chi connectivity index (χ3v) is 8.51. The lowest BCUT2D eigenvalue weighted by Crippen LogP contribution is -2.37. The van der Waals surface area contributed by atoms with Gasteiger partial charge in [0.2, 0.25) is 5.95 Å². The highest BCUT2D eigenvalue weighted by Gasteiger charge is 2.52. The van der Waals surface area contributed by atoms with E-state index in [-0.39, 0.29) is 47.0 Å². The highest BCUT2D eigenvalue weighted by Crippen LogP contribution is 2.50.